The van der Waals surface area contributed by atoms with Gasteiger partial charge in [0.25, 0.3) is 0 Å². The number of aromatic nitrogens is 3. The number of halogens is 4. The molecule has 0 aliphatic carbocycles. The molecule has 0 fully saturated rings. The monoisotopic (exact) mass is 273 g/mol. The first-order valence-corrected chi connectivity index (χ1v) is 4.91. The quantitative estimate of drug-likeness (QED) is 0.774. The zero-order valence-corrected chi connectivity index (χ0v) is 9.24. The Labute approximate surface area is 104 Å². The van der Waals surface area contributed by atoms with Gasteiger partial charge in [-0.05, 0) is 18.2 Å². The SMILES string of the molecule is Nc1nc(N)nc(-c2ccc(F)c(C(F)(F)F)c2)n1. The van der Waals surface area contributed by atoms with Crippen molar-refractivity contribution in [2.75, 3.05) is 11.5 Å². The van der Waals surface area contributed by atoms with Gasteiger partial charge in [-0.1, -0.05) is 0 Å². The van der Waals surface area contributed by atoms with Crippen molar-refractivity contribution in [2.45, 2.75) is 6.18 Å². The van der Waals surface area contributed by atoms with Gasteiger partial charge in [-0.3, -0.25) is 0 Å². The average molecular weight is 273 g/mol. The van der Waals surface area contributed by atoms with Gasteiger partial charge in [0.2, 0.25) is 11.9 Å². The predicted molar refractivity (Wildman–Crippen MR) is 59.0 cm³/mol. The zero-order chi connectivity index (χ0) is 14.2. The molecule has 100 valence electrons. The third-order valence-corrected chi connectivity index (χ3v) is 2.20. The van der Waals surface area contributed by atoms with E-state index in [1.165, 1.54) is 0 Å². The first-order valence-electron chi connectivity index (χ1n) is 4.91. The molecule has 4 N–H and O–H groups in total. The number of nitrogen functional groups attached to an aromatic ring is 2. The fraction of sp³-hybridized carbons (Fsp3) is 0.100. The standard InChI is InChI=1S/C10H7F4N5/c11-6-2-1-4(3-5(6)10(12,13)14)7-17-8(15)19-9(16)18-7/h1-3H,(H4,15,16,17,18,19). The maximum Gasteiger partial charge on any atom is 0.419 e. The van der Waals surface area contributed by atoms with Crippen LogP contribution in [-0.4, -0.2) is 15.0 Å². The van der Waals surface area contributed by atoms with Crippen molar-refractivity contribution in [1.29, 1.82) is 0 Å². The topological polar surface area (TPSA) is 90.7 Å². The number of alkyl halides is 3. The summed E-state index contributed by atoms with van der Waals surface area (Å²) in [6.07, 6.45) is -4.82. The van der Waals surface area contributed by atoms with Gasteiger partial charge in [0.05, 0.1) is 5.56 Å². The molecule has 0 saturated heterocycles. The lowest BCUT2D eigenvalue weighted by Gasteiger charge is -2.09. The van der Waals surface area contributed by atoms with Crippen molar-refractivity contribution >= 4 is 11.9 Å². The molecule has 5 nitrogen and oxygen atoms in total. The van der Waals surface area contributed by atoms with E-state index >= 15 is 0 Å². The second-order valence-corrected chi connectivity index (χ2v) is 3.57. The van der Waals surface area contributed by atoms with Gasteiger partial charge in [0.15, 0.2) is 5.82 Å². The van der Waals surface area contributed by atoms with E-state index in [0.717, 1.165) is 6.07 Å². The van der Waals surface area contributed by atoms with E-state index in [-0.39, 0.29) is 23.3 Å². The summed E-state index contributed by atoms with van der Waals surface area (Å²) in [5.41, 5.74) is 9.15. The maximum absolute atomic E-state index is 13.1. The third kappa shape index (κ3) is 2.69. The van der Waals surface area contributed by atoms with Gasteiger partial charge in [0.1, 0.15) is 5.82 Å². The Balaban J connectivity index is 2.58. The molecule has 0 aliphatic rings. The fourth-order valence-corrected chi connectivity index (χ4v) is 1.42. The van der Waals surface area contributed by atoms with Crippen LogP contribution < -0.4 is 11.5 Å². The molecule has 0 amide bonds. The molecule has 2 aromatic rings. The van der Waals surface area contributed by atoms with Crippen LogP contribution in [0.5, 0.6) is 0 Å². The molecule has 0 bridgehead atoms. The Kier molecular flexibility index (Phi) is 2.97. The van der Waals surface area contributed by atoms with Gasteiger partial charge < -0.3 is 11.5 Å². The molecule has 1 aromatic heterocycles. The van der Waals surface area contributed by atoms with E-state index in [4.69, 9.17) is 11.5 Å². The van der Waals surface area contributed by atoms with Crippen LogP contribution in [0.25, 0.3) is 11.4 Å². The normalized spacial score (nSPS) is 11.6. The highest BCUT2D eigenvalue weighted by molar-refractivity contribution is 5.58. The number of nitrogens with zero attached hydrogens (tertiary/aromatic N) is 3. The summed E-state index contributed by atoms with van der Waals surface area (Å²) in [6.45, 7) is 0. The Morgan fingerprint density at radius 1 is 0.947 bits per heavy atom. The van der Waals surface area contributed by atoms with E-state index < -0.39 is 17.6 Å². The van der Waals surface area contributed by atoms with Gasteiger partial charge in [-0.15, -0.1) is 0 Å². The Hall–Kier alpha value is -2.45. The Morgan fingerprint density at radius 3 is 2.05 bits per heavy atom. The fourth-order valence-electron chi connectivity index (χ4n) is 1.42. The van der Waals surface area contributed by atoms with Crippen molar-refractivity contribution in [3.63, 3.8) is 0 Å². The summed E-state index contributed by atoms with van der Waals surface area (Å²) in [6, 6.07) is 2.36. The molecule has 1 heterocycles. The summed E-state index contributed by atoms with van der Waals surface area (Å²) >= 11 is 0. The Bertz CT molecular complexity index is 606. The van der Waals surface area contributed by atoms with Gasteiger partial charge in [-0.2, -0.15) is 28.1 Å². The molecule has 0 radical (unpaired) electrons. The summed E-state index contributed by atoms with van der Waals surface area (Å²) < 4.78 is 50.8. The minimum absolute atomic E-state index is 0.0606. The predicted octanol–water partition coefficient (Wildman–Crippen LogP) is 1.86. The van der Waals surface area contributed by atoms with Crippen LogP contribution in [0.1, 0.15) is 5.56 Å². The lowest BCUT2D eigenvalue weighted by Crippen LogP contribution is -2.09. The molecular formula is C10H7F4N5. The van der Waals surface area contributed by atoms with Crippen molar-refractivity contribution in [1.82, 2.24) is 15.0 Å². The summed E-state index contributed by atoms with van der Waals surface area (Å²) in [5, 5.41) is 0. The molecule has 0 spiro atoms. The first-order chi connectivity index (χ1) is 8.77. The number of hydrogen-bond donors (Lipinski definition) is 2. The van der Waals surface area contributed by atoms with E-state index in [1.807, 2.05) is 0 Å². The molecule has 0 aliphatic heterocycles. The van der Waals surface area contributed by atoms with Crippen LogP contribution >= 0.6 is 0 Å². The molecule has 19 heavy (non-hydrogen) atoms. The van der Waals surface area contributed by atoms with Crippen molar-refractivity contribution in [3.8, 4) is 11.4 Å². The summed E-state index contributed by atoms with van der Waals surface area (Å²) in [5.74, 6) is -2.01. The van der Waals surface area contributed by atoms with Crippen molar-refractivity contribution in [2.24, 2.45) is 0 Å². The molecule has 0 unspecified atom stereocenters. The van der Waals surface area contributed by atoms with Gasteiger partial charge in [-0.25, -0.2) is 4.39 Å². The van der Waals surface area contributed by atoms with E-state index in [2.05, 4.69) is 15.0 Å². The van der Waals surface area contributed by atoms with Crippen LogP contribution in [0.15, 0.2) is 18.2 Å². The number of hydrogen-bond acceptors (Lipinski definition) is 5. The molecule has 0 atom stereocenters. The Morgan fingerprint density at radius 2 is 1.53 bits per heavy atom. The number of anilines is 2. The highest BCUT2D eigenvalue weighted by atomic mass is 19.4. The largest absolute Gasteiger partial charge is 0.419 e. The number of rotatable bonds is 1. The molecule has 2 rings (SSSR count). The van der Waals surface area contributed by atoms with E-state index in [0.29, 0.717) is 12.1 Å². The molecule has 9 heteroatoms. The van der Waals surface area contributed by atoms with Crippen molar-refractivity contribution in [3.05, 3.63) is 29.6 Å². The summed E-state index contributed by atoms with van der Waals surface area (Å²) in [4.78, 5) is 10.8. The highest BCUT2D eigenvalue weighted by Gasteiger charge is 2.34. The number of benzene rings is 1. The molecule has 1 aromatic carbocycles. The second kappa shape index (κ2) is 4.34. The van der Waals surface area contributed by atoms with Crippen LogP contribution in [-0.2, 0) is 6.18 Å². The minimum Gasteiger partial charge on any atom is -0.368 e. The van der Waals surface area contributed by atoms with Gasteiger partial charge >= 0.3 is 6.18 Å². The lowest BCUT2D eigenvalue weighted by atomic mass is 10.1. The van der Waals surface area contributed by atoms with Crippen LogP contribution in [0, 0.1) is 5.82 Å². The highest BCUT2D eigenvalue weighted by Crippen LogP contribution is 2.33. The third-order valence-electron chi connectivity index (χ3n) is 2.20. The minimum atomic E-state index is -4.82. The molecular weight excluding hydrogens is 266 g/mol. The van der Waals surface area contributed by atoms with E-state index in [9.17, 15) is 17.6 Å². The first kappa shape index (κ1) is 13.0. The van der Waals surface area contributed by atoms with Crippen LogP contribution in [0.3, 0.4) is 0 Å². The van der Waals surface area contributed by atoms with E-state index in [1.54, 1.807) is 0 Å². The smallest absolute Gasteiger partial charge is 0.368 e. The molecule has 0 saturated carbocycles. The zero-order valence-electron chi connectivity index (χ0n) is 9.24. The number of nitrogens with two attached hydrogens (primary N) is 2. The lowest BCUT2D eigenvalue weighted by molar-refractivity contribution is -0.139. The van der Waals surface area contributed by atoms with Crippen LogP contribution in [0.2, 0.25) is 0 Å². The second-order valence-electron chi connectivity index (χ2n) is 3.57. The van der Waals surface area contributed by atoms with Crippen molar-refractivity contribution < 1.29 is 17.6 Å². The van der Waals surface area contributed by atoms with Gasteiger partial charge in [0, 0.05) is 5.56 Å². The van der Waals surface area contributed by atoms with Crippen LogP contribution in [0.4, 0.5) is 29.5 Å². The maximum atomic E-state index is 13.1. The summed E-state index contributed by atoms with van der Waals surface area (Å²) in [7, 11) is 0. The average Bonchev–Trinajstić information content (AvgIpc) is 2.26.